The van der Waals surface area contributed by atoms with Gasteiger partial charge in [-0.2, -0.15) is 0 Å². The third kappa shape index (κ3) is 0.505. The molecule has 2 aliphatic rings. The number of allylic oxidation sites excluding steroid dienone is 2. The SMILES string of the molecule is CC1=C[C@@]12CCCC2(F)F. The van der Waals surface area contributed by atoms with Crippen molar-refractivity contribution in [3.63, 3.8) is 0 Å². The van der Waals surface area contributed by atoms with E-state index >= 15 is 0 Å². The van der Waals surface area contributed by atoms with E-state index in [1.165, 1.54) is 0 Å². The maximum absolute atomic E-state index is 13.0. The van der Waals surface area contributed by atoms with E-state index in [0.717, 1.165) is 5.57 Å². The number of rotatable bonds is 0. The standard InChI is InChI=1S/C8H10F2/c1-6-5-7(6)3-2-4-8(7,9)10/h5H,2-4H2,1H3/t7-/m0/s1. The van der Waals surface area contributed by atoms with Crippen LogP contribution in [0.25, 0.3) is 0 Å². The summed E-state index contributed by atoms with van der Waals surface area (Å²) in [6, 6.07) is 0. The molecule has 0 radical (unpaired) electrons. The summed E-state index contributed by atoms with van der Waals surface area (Å²) < 4.78 is 26.0. The molecule has 1 saturated carbocycles. The van der Waals surface area contributed by atoms with E-state index < -0.39 is 11.3 Å². The molecule has 2 aliphatic carbocycles. The molecule has 0 aliphatic heterocycles. The Morgan fingerprint density at radius 3 is 2.20 bits per heavy atom. The fourth-order valence-corrected chi connectivity index (χ4v) is 1.99. The van der Waals surface area contributed by atoms with Crippen LogP contribution in [0.1, 0.15) is 26.2 Å². The van der Waals surface area contributed by atoms with Crippen molar-refractivity contribution >= 4 is 0 Å². The summed E-state index contributed by atoms with van der Waals surface area (Å²) in [7, 11) is 0. The lowest BCUT2D eigenvalue weighted by Gasteiger charge is -2.19. The van der Waals surface area contributed by atoms with Gasteiger partial charge >= 0.3 is 0 Å². The van der Waals surface area contributed by atoms with Crippen LogP contribution >= 0.6 is 0 Å². The first-order valence-electron chi connectivity index (χ1n) is 3.66. The zero-order valence-electron chi connectivity index (χ0n) is 5.95. The predicted molar refractivity (Wildman–Crippen MR) is 35.0 cm³/mol. The van der Waals surface area contributed by atoms with Gasteiger partial charge in [-0.3, -0.25) is 0 Å². The van der Waals surface area contributed by atoms with Crippen molar-refractivity contribution in [1.82, 2.24) is 0 Å². The molecule has 0 heterocycles. The van der Waals surface area contributed by atoms with E-state index in [-0.39, 0.29) is 6.42 Å². The molecule has 0 saturated heterocycles. The van der Waals surface area contributed by atoms with E-state index in [4.69, 9.17) is 0 Å². The van der Waals surface area contributed by atoms with Gasteiger partial charge in [-0.05, 0) is 19.8 Å². The predicted octanol–water partition coefficient (Wildman–Crippen LogP) is 2.75. The molecule has 0 aromatic carbocycles. The van der Waals surface area contributed by atoms with Crippen LogP contribution < -0.4 is 0 Å². The molecule has 56 valence electrons. The summed E-state index contributed by atoms with van der Waals surface area (Å²) in [6.07, 6.45) is 3.16. The van der Waals surface area contributed by atoms with Crippen LogP contribution in [0.2, 0.25) is 0 Å². The second-order valence-corrected chi connectivity index (χ2v) is 3.36. The third-order valence-corrected chi connectivity index (χ3v) is 2.80. The summed E-state index contributed by atoms with van der Waals surface area (Å²) >= 11 is 0. The minimum atomic E-state index is -2.42. The highest BCUT2D eigenvalue weighted by atomic mass is 19.3. The third-order valence-electron chi connectivity index (χ3n) is 2.80. The monoisotopic (exact) mass is 144 g/mol. The summed E-state index contributed by atoms with van der Waals surface area (Å²) in [5.74, 6) is -2.42. The zero-order chi connectivity index (χ0) is 7.41. The van der Waals surface area contributed by atoms with Gasteiger partial charge in [0, 0.05) is 6.42 Å². The van der Waals surface area contributed by atoms with Crippen LogP contribution in [0.5, 0.6) is 0 Å². The number of hydrogen-bond donors (Lipinski definition) is 0. The van der Waals surface area contributed by atoms with Crippen molar-refractivity contribution in [2.24, 2.45) is 5.41 Å². The van der Waals surface area contributed by atoms with Gasteiger partial charge in [0.2, 0.25) is 0 Å². The highest BCUT2D eigenvalue weighted by Gasteiger charge is 2.62. The van der Waals surface area contributed by atoms with Gasteiger partial charge in [0.1, 0.15) is 0 Å². The van der Waals surface area contributed by atoms with Gasteiger partial charge in [-0.1, -0.05) is 11.6 Å². The van der Waals surface area contributed by atoms with E-state index in [1.54, 1.807) is 13.0 Å². The van der Waals surface area contributed by atoms with Crippen LogP contribution in [-0.4, -0.2) is 5.92 Å². The van der Waals surface area contributed by atoms with E-state index in [0.29, 0.717) is 12.8 Å². The van der Waals surface area contributed by atoms with Crippen molar-refractivity contribution in [2.75, 3.05) is 0 Å². The summed E-state index contributed by atoms with van der Waals surface area (Å²) in [5, 5.41) is 0. The zero-order valence-corrected chi connectivity index (χ0v) is 5.95. The Hall–Kier alpha value is -0.400. The molecule has 0 N–H and O–H groups in total. The molecule has 0 nitrogen and oxygen atoms in total. The van der Waals surface area contributed by atoms with E-state index in [9.17, 15) is 8.78 Å². The fraction of sp³-hybridized carbons (Fsp3) is 0.750. The molecule has 1 atom stereocenters. The summed E-state index contributed by atoms with van der Waals surface area (Å²) in [4.78, 5) is 0. The molecule has 10 heavy (non-hydrogen) atoms. The number of alkyl halides is 2. The van der Waals surface area contributed by atoms with Crippen molar-refractivity contribution < 1.29 is 8.78 Å². The van der Waals surface area contributed by atoms with Crippen LogP contribution in [-0.2, 0) is 0 Å². The lowest BCUT2D eigenvalue weighted by Crippen LogP contribution is -2.25. The molecule has 0 aromatic rings. The Balaban J connectivity index is 2.25. The van der Waals surface area contributed by atoms with Crippen molar-refractivity contribution in [1.29, 1.82) is 0 Å². The summed E-state index contributed by atoms with van der Waals surface area (Å²) in [6.45, 7) is 1.80. The fourth-order valence-electron chi connectivity index (χ4n) is 1.99. The molecule has 0 bridgehead atoms. The van der Waals surface area contributed by atoms with E-state index in [1.807, 2.05) is 0 Å². The second-order valence-electron chi connectivity index (χ2n) is 3.36. The normalized spacial score (nSPS) is 42.1. The first-order chi connectivity index (χ1) is 4.58. The largest absolute Gasteiger partial charge is 0.260 e. The van der Waals surface area contributed by atoms with Crippen molar-refractivity contribution in [2.45, 2.75) is 32.1 Å². The van der Waals surface area contributed by atoms with Gasteiger partial charge in [-0.15, -0.1) is 0 Å². The van der Waals surface area contributed by atoms with Gasteiger partial charge in [-0.25, -0.2) is 8.78 Å². The van der Waals surface area contributed by atoms with Crippen LogP contribution in [0.3, 0.4) is 0 Å². The lowest BCUT2D eigenvalue weighted by atomic mass is 9.96. The minimum Gasteiger partial charge on any atom is -0.206 e. The van der Waals surface area contributed by atoms with Gasteiger partial charge in [0.15, 0.2) is 0 Å². The molecule has 2 heteroatoms. The van der Waals surface area contributed by atoms with Gasteiger partial charge in [0.25, 0.3) is 5.92 Å². The molecule has 1 fully saturated rings. The summed E-state index contributed by atoms with van der Waals surface area (Å²) in [5.41, 5.74) is 0.155. The average molecular weight is 144 g/mol. The van der Waals surface area contributed by atoms with E-state index in [2.05, 4.69) is 0 Å². The maximum Gasteiger partial charge on any atom is 0.260 e. The van der Waals surface area contributed by atoms with Crippen LogP contribution in [0.4, 0.5) is 8.78 Å². The molecule has 0 amide bonds. The van der Waals surface area contributed by atoms with Crippen molar-refractivity contribution in [3.05, 3.63) is 11.6 Å². The molecular weight excluding hydrogens is 134 g/mol. The smallest absolute Gasteiger partial charge is 0.206 e. The highest BCUT2D eigenvalue weighted by Crippen LogP contribution is 2.63. The topological polar surface area (TPSA) is 0 Å². The number of halogens is 2. The first-order valence-corrected chi connectivity index (χ1v) is 3.66. The Morgan fingerprint density at radius 1 is 1.40 bits per heavy atom. The minimum absolute atomic E-state index is 0.0842. The van der Waals surface area contributed by atoms with Gasteiger partial charge in [0.05, 0.1) is 5.41 Å². The average Bonchev–Trinajstić information content (AvgIpc) is 2.34. The quantitative estimate of drug-likeness (QED) is 0.458. The van der Waals surface area contributed by atoms with Crippen LogP contribution in [0, 0.1) is 5.41 Å². The molecular formula is C8H10F2. The first kappa shape index (κ1) is 6.32. The Labute approximate surface area is 58.9 Å². The second kappa shape index (κ2) is 1.44. The maximum atomic E-state index is 13.0. The molecule has 0 unspecified atom stereocenters. The molecule has 0 aromatic heterocycles. The van der Waals surface area contributed by atoms with Gasteiger partial charge < -0.3 is 0 Å². The number of hydrogen-bond acceptors (Lipinski definition) is 0. The lowest BCUT2D eigenvalue weighted by molar-refractivity contribution is -0.0410. The Kier molecular flexibility index (Phi) is 0.907. The Bertz CT molecular complexity index is 205. The van der Waals surface area contributed by atoms with Crippen LogP contribution in [0.15, 0.2) is 11.6 Å². The van der Waals surface area contributed by atoms with Crippen molar-refractivity contribution in [3.8, 4) is 0 Å². The molecule has 1 spiro atoms. The molecule has 2 rings (SSSR count). The highest BCUT2D eigenvalue weighted by molar-refractivity contribution is 5.42. The Morgan fingerprint density at radius 2 is 2.00 bits per heavy atom.